The van der Waals surface area contributed by atoms with Crippen molar-refractivity contribution in [3.63, 3.8) is 0 Å². The quantitative estimate of drug-likeness (QED) is 0.554. The molecule has 0 aliphatic rings. The number of rotatable bonds is 1. The lowest BCUT2D eigenvalue weighted by molar-refractivity contribution is 0.385. The van der Waals surface area contributed by atoms with Crippen molar-refractivity contribution in [2.24, 2.45) is 0 Å². The van der Waals surface area contributed by atoms with Gasteiger partial charge >= 0.3 is 0 Å². The van der Waals surface area contributed by atoms with Crippen LogP contribution in [0, 0.1) is 0 Å². The van der Waals surface area contributed by atoms with Crippen molar-refractivity contribution in [2.75, 3.05) is 5.48 Å². The van der Waals surface area contributed by atoms with E-state index in [-0.39, 0.29) is 26.4 Å². The van der Waals surface area contributed by atoms with Crippen LogP contribution in [-0.2, 0) is 0 Å². The molecule has 0 saturated carbocycles. The second-order valence-electron chi connectivity index (χ2n) is 2.91. The molecule has 1 aromatic carbocycles. The van der Waals surface area contributed by atoms with Gasteiger partial charge in [0.2, 0.25) is 5.82 Å². The van der Waals surface area contributed by atoms with E-state index in [0.717, 1.165) is 0 Å². The summed E-state index contributed by atoms with van der Waals surface area (Å²) in [6.45, 7) is 0. The standard InChI is InChI=1S/C8H4Cl3N3O2/c9-2-1-3-6(5(11)4(2)10)13-7(14-16)8(15)12-3/h1,16H,(H,12,15)(H,13,14). The molecule has 0 saturated heterocycles. The number of H-pyrrole nitrogens is 1. The topological polar surface area (TPSA) is 78.0 Å². The summed E-state index contributed by atoms with van der Waals surface area (Å²) in [7, 11) is 0. The number of hydrogen-bond acceptors (Lipinski definition) is 4. The van der Waals surface area contributed by atoms with Crippen molar-refractivity contribution in [1.29, 1.82) is 0 Å². The second kappa shape index (κ2) is 4.10. The van der Waals surface area contributed by atoms with Gasteiger partial charge < -0.3 is 4.98 Å². The number of fused-ring (bicyclic) bond motifs is 1. The fourth-order valence-electron chi connectivity index (χ4n) is 1.21. The molecule has 1 heterocycles. The molecule has 0 amide bonds. The van der Waals surface area contributed by atoms with Crippen LogP contribution in [0.4, 0.5) is 5.82 Å². The highest BCUT2D eigenvalue weighted by molar-refractivity contribution is 6.50. The van der Waals surface area contributed by atoms with Gasteiger partial charge in [-0.2, -0.15) is 0 Å². The van der Waals surface area contributed by atoms with Gasteiger partial charge in [0.1, 0.15) is 5.52 Å². The first-order valence-electron chi connectivity index (χ1n) is 4.02. The number of anilines is 1. The smallest absolute Gasteiger partial charge is 0.293 e. The van der Waals surface area contributed by atoms with Crippen molar-refractivity contribution in [2.45, 2.75) is 0 Å². The summed E-state index contributed by atoms with van der Waals surface area (Å²) < 4.78 is 0. The monoisotopic (exact) mass is 279 g/mol. The van der Waals surface area contributed by atoms with Crippen molar-refractivity contribution in [3.8, 4) is 0 Å². The van der Waals surface area contributed by atoms with Crippen LogP contribution < -0.4 is 11.0 Å². The summed E-state index contributed by atoms with van der Waals surface area (Å²) in [5.41, 5.74) is 1.65. The zero-order chi connectivity index (χ0) is 11.9. The van der Waals surface area contributed by atoms with Crippen LogP contribution >= 0.6 is 34.8 Å². The van der Waals surface area contributed by atoms with Crippen molar-refractivity contribution in [3.05, 3.63) is 31.5 Å². The maximum Gasteiger partial charge on any atom is 0.293 e. The van der Waals surface area contributed by atoms with Gasteiger partial charge in [0.15, 0.2) is 0 Å². The molecule has 2 aromatic rings. The van der Waals surface area contributed by atoms with E-state index < -0.39 is 5.56 Å². The lowest BCUT2D eigenvalue weighted by Crippen LogP contribution is -2.14. The van der Waals surface area contributed by atoms with Crippen LogP contribution in [0.3, 0.4) is 0 Å². The molecule has 16 heavy (non-hydrogen) atoms. The van der Waals surface area contributed by atoms with Gasteiger partial charge in [-0.15, -0.1) is 0 Å². The number of hydrogen-bond donors (Lipinski definition) is 3. The Morgan fingerprint density at radius 1 is 1.31 bits per heavy atom. The molecule has 3 N–H and O–H groups in total. The molecule has 0 atom stereocenters. The predicted octanol–water partition coefficient (Wildman–Crippen LogP) is 2.68. The van der Waals surface area contributed by atoms with Gasteiger partial charge in [-0.25, -0.2) is 10.5 Å². The van der Waals surface area contributed by atoms with Crippen molar-refractivity contribution in [1.82, 2.24) is 9.97 Å². The average Bonchev–Trinajstić information content (AvgIpc) is 2.26. The van der Waals surface area contributed by atoms with Crippen LogP contribution in [0.2, 0.25) is 15.1 Å². The maximum absolute atomic E-state index is 11.3. The number of aromatic nitrogens is 2. The Morgan fingerprint density at radius 2 is 2.00 bits per heavy atom. The SMILES string of the molecule is O=c1[nH]c2cc(Cl)c(Cl)c(Cl)c2nc1NO. The summed E-state index contributed by atoms with van der Waals surface area (Å²) in [5.74, 6) is -0.271. The fraction of sp³-hybridized carbons (Fsp3) is 0. The molecular weight excluding hydrogens is 276 g/mol. The minimum absolute atomic E-state index is 0.108. The number of halogens is 3. The van der Waals surface area contributed by atoms with Crippen molar-refractivity contribution < 1.29 is 5.21 Å². The van der Waals surface area contributed by atoms with Gasteiger partial charge in [-0.05, 0) is 6.07 Å². The Labute approximate surface area is 104 Å². The molecule has 0 aliphatic heterocycles. The molecule has 0 spiro atoms. The average molecular weight is 280 g/mol. The maximum atomic E-state index is 11.3. The fourth-order valence-corrected chi connectivity index (χ4v) is 1.85. The summed E-state index contributed by atoms with van der Waals surface area (Å²) >= 11 is 17.5. The molecule has 2 rings (SSSR count). The van der Waals surface area contributed by atoms with Crippen molar-refractivity contribution >= 4 is 51.7 Å². The van der Waals surface area contributed by atoms with E-state index in [2.05, 4.69) is 9.97 Å². The Morgan fingerprint density at radius 3 is 2.62 bits per heavy atom. The minimum atomic E-state index is -0.593. The lowest BCUT2D eigenvalue weighted by atomic mass is 10.3. The first-order chi connectivity index (χ1) is 7.54. The third-order valence-electron chi connectivity index (χ3n) is 1.93. The van der Waals surface area contributed by atoms with E-state index in [4.69, 9.17) is 40.0 Å². The summed E-state index contributed by atoms with van der Waals surface area (Å²) in [6.07, 6.45) is 0. The number of nitrogens with one attached hydrogen (secondary N) is 2. The van der Waals surface area contributed by atoms with E-state index in [1.54, 1.807) is 5.48 Å². The van der Waals surface area contributed by atoms with Crippen LogP contribution in [0.1, 0.15) is 0 Å². The highest BCUT2D eigenvalue weighted by atomic mass is 35.5. The second-order valence-corrected chi connectivity index (χ2v) is 4.07. The normalized spacial score (nSPS) is 10.8. The molecular formula is C8H4Cl3N3O2. The molecule has 0 bridgehead atoms. The number of nitrogens with zero attached hydrogens (tertiary/aromatic N) is 1. The Balaban J connectivity index is 2.92. The summed E-state index contributed by atoms with van der Waals surface area (Å²) in [5, 5.41) is 9.11. The van der Waals surface area contributed by atoms with E-state index in [9.17, 15) is 4.79 Å². The van der Waals surface area contributed by atoms with Crippen LogP contribution in [-0.4, -0.2) is 15.2 Å². The van der Waals surface area contributed by atoms with E-state index in [1.807, 2.05) is 0 Å². The Kier molecular flexibility index (Phi) is 2.94. The van der Waals surface area contributed by atoms with E-state index >= 15 is 0 Å². The molecule has 0 fully saturated rings. The van der Waals surface area contributed by atoms with Crippen LogP contribution in [0.25, 0.3) is 11.0 Å². The highest BCUT2D eigenvalue weighted by Gasteiger charge is 2.12. The van der Waals surface area contributed by atoms with Crippen LogP contribution in [0.15, 0.2) is 10.9 Å². The first-order valence-corrected chi connectivity index (χ1v) is 5.15. The van der Waals surface area contributed by atoms with Gasteiger partial charge in [-0.3, -0.25) is 10.0 Å². The zero-order valence-corrected chi connectivity index (χ0v) is 9.78. The van der Waals surface area contributed by atoms with Gasteiger partial charge in [0.05, 0.1) is 20.6 Å². The highest BCUT2D eigenvalue weighted by Crippen LogP contribution is 2.34. The molecule has 84 valence electrons. The molecule has 0 unspecified atom stereocenters. The zero-order valence-electron chi connectivity index (χ0n) is 7.51. The third kappa shape index (κ3) is 1.72. The summed E-state index contributed by atoms with van der Waals surface area (Å²) in [4.78, 5) is 17.6. The third-order valence-corrected chi connectivity index (χ3v) is 3.18. The Hall–Kier alpha value is -1.01. The largest absolute Gasteiger partial charge is 0.317 e. The number of benzene rings is 1. The van der Waals surface area contributed by atoms with Crippen LogP contribution in [0.5, 0.6) is 0 Å². The minimum Gasteiger partial charge on any atom is -0.317 e. The molecule has 0 aliphatic carbocycles. The lowest BCUT2D eigenvalue weighted by Gasteiger charge is -2.05. The van der Waals surface area contributed by atoms with Gasteiger partial charge in [0, 0.05) is 0 Å². The summed E-state index contributed by atoms with van der Waals surface area (Å²) in [6, 6.07) is 1.43. The van der Waals surface area contributed by atoms with Gasteiger partial charge in [-0.1, -0.05) is 34.8 Å². The Bertz CT molecular complexity index is 626. The molecule has 8 heteroatoms. The predicted molar refractivity (Wildman–Crippen MR) is 62.8 cm³/mol. The molecule has 5 nitrogen and oxygen atoms in total. The molecule has 1 aromatic heterocycles. The molecule has 0 radical (unpaired) electrons. The number of aromatic amines is 1. The van der Waals surface area contributed by atoms with E-state index in [1.165, 1.54) is 6.07 Å². The van der Waals surface area contributed by atoms with Gasteiger partial charge in [0.25, 0.3) is 5.56 Å². The van der Waals surface area contributed by atoms with E-state index in [0.29, 0.717) is 5.52 Å². The first kappa shape index (κ1) is 11.5.